The highest BCUT2D eigenvalue weighted by atomic mass is 32.1. The lowest BCUT2D eigenvalue weighted by Gasteiger charge is -2.31. The van der Waals surface area contributed by atoms with Gasteiger partial charge in [0.2, 0.25) is 0 Å². The number of aromatic nitrogens is 2. The first kappa shape index (κ1) is 17.7. The highest BCUT2D eigenvalue weighted by Crippen LogP contribution is 2.28. The highest BCUT2D eigenvalue weighted by molar-refractivity contribution is 7.13. The van der Waals surface area contributed by atoms with Gasteiger partial charge in [-0.25, -0.2) is 4.98 Å². The van der Waals surface area contributed by atoms with Crippen LogP contribution in [0.2, 0.25) is 0 Å². The number of hydrogen-bond acceptors (Lipinski definition) is 5. The van der Waals surface area contributed by atoms with Gasteiger partial charge in [-0.15, -0.1) is 11.3 Å². The number of nitrogens with zero attached hydrogens (tertiary/aromatic N) is 3. The van der Waals surface area contributed by atoms with Gasteiger partial charge in [-0.05, 0) is 31.9 Å². The number of aryl methyl sites for hydroxylation is 1. The van der Waals surface area contributed by atoms with E-state index >= 15 is 0 Å². The maximum atomic E-state index is 12.9. The summed E-state index contributed by atoms with van der Waals surface area (Å²) in [5, 5.41) is 0.987. The molecule has 1 aliphatic rings. The molecule has 0 radical (unpaired) electrons. The average Bonchev–Trinajstić information content (AvgIpc) is 3.03. The summed E-state index contributed by atoms with van der Waals surface area (Å²) >= 11 is 1.48. The fourth-order valence-electron chi connectivity index (χ4n) is 3.13. The molecule has 0 saturated carbocycles. The lowest BCUT2D eigenvalue weighted by atomic mass is 9.90. The van der Waals surface area contributed by atoms with E-state index in [0.29, 0.717) is 29.4 Å². The minimum Gasteiger partial charge on any atom is -0.337 e. The SMILES string of the molecule is Cc1nc(C(C)C)sc1C(=O)N1CCC[C@H](C(=O)c2cccnc2)C1. The van der Waals surface area contributed by atoms with Crippen molar-refractivity contribution < 1.29 is 9.59 Å². The van der Waals surface area contributed by atoms with Gasteiger partial charge in [0.1, 0.15) is 4.88 Å². The second-order valence-corrected chi connectivity index (χ2v) is 7.85. The van der Waals surface area contributed by atoms with Gasteiger partial charge in [-0.1, -0.05) is 13.8 Å². The van der Waals surface area contributed by atoms with Crippen molar-refractivity contribution >= 4 is 23.0 Å². The largest absolute Gasteiger partial charge is 0.337 e. The molecule has 0 aliphatic carbocycles. The Morgan fingerprint density at radius 2 is 2.16 bits per heavy atom. The van der Waals surface area contributed by atoms with Crippen LogP contribution in [0.5, 0.6) is 0 Å². The van der Waals surface area contributed by atoms with Crippen molar-refractivity contribution in [2.24, 2.45) is 5.92 Å². The number of likely N-dealkylation sites (tertiary alicyclic amines) is 1. The van der Waals surface area contributed by atoms with E-state index in [9.17, 15) is 9.59 Å². The van der Waals surface area contributed by atoms with E-state index < -0.39 is 0 Å². The van der Waals surface area contributed by atoms with Crippen LogP contribution in [0.1, 0.15) is 63.3 Å². The van der Waals surface area contributed by atoms with E-state index in [1.807, 2.05) is 11.8 Å². The third-order valence-electron chi connectivity index (χ3n) is 4.53. The van der Waals surface area contributed by atoms with Crippen LogP contribution in [-0.4, -0.2) is 39.6 Å². The lowest BCUT2D eigenvalue weighted by Crippen LogP contribution is -2.42. The van der Waals surface area contributed by atoms with Gasteiger partial charge in [0.25, 0.3) is 5.91 Å². The molecule has 25 heavy (non-hydrogen) atoms. The van der Waals surface area contributed by atoms with E-state index in [-0.39, 0.29) is 17.6 Å². The van der Waals surface area contributed by atoms with E-state index in [1.54, 1.807) is 24.5 Å². The summed E-state index contributed by atoms with van der Waals surface area (Å²) in [7, 11) is 0. The Hall–Kier alpha value is -2.08. The van der Waals surface area contributed by atoms with Crippen LogP contribution in [-0.2, 0) is 0 Å². The Balaban J connectivity index is 1.75. The van der Waals surface area contributed by atoms with Gasteiger partial charge in [0.05, 0.1) is 10.7 Å². The zero-order valence-electron chi connectivity index (χ0n) is 14.9. The first-order valence-corrected chi connectivity index (χ1v) is 9.50. The molecule has 0 unspecified atom stereocenters. The normalized spacial score (nSPS) is 17.8. The van der Waals surface area contributed by atoms with Crippen LogP contribution in [0.25, 0.3) is 0 Å². The van der Waals surface area contributed by atoms with E-state index in [2.05, 4.69) is 23.8 Å². The van der Waals surface area contributed by atoms with Gasteiger partial charge < -0.3 is 4.90 Å². The van der Waals surface area contributed by atoms with Crippen molar-refractivity contribution in [1.82, 2.24) is 14.9 Å². The highest BCUT2D eigenvalue weighted by Gasteiger charge is 2.31. The summed E-state index contributed by atoms with van der Waals surface area (Å²) in [6.45, 7) is 7.22. The molecule has 1 fully saturated rings. The van der Waals surface area contributed by atoms with Crippen molar-refractivity contribution in [3.63, 3.8) is 0 Å². The van der Waals surface area contributed by atoms with Crippen LogP contribution in [0, 0.1) is 12.8 Å². The monoisotopic (exact) mass is 357 g/mol. The fraction of sp³-hybridized carbons (Fsp3) is 0.474. The van der Waals surface area contributed by atoms with Crippen LogP contribution >= 0.6 is 11.3 Å². The summed E-state index contributed by atoms with van der Waals surface area (Å²) in [5.41, 5.74) is 1.41. The number of hydrogen-bond donors (Lipinski definition) is 0. The summed E-state index contributed by atoms with van der Waals surface area (Å²) in [5.74, 6) is 0.242. The molecule has 2 aromatic rings. The van der Waals surface area contributed by atoms with Crippen molar-refractivity contribution in [2.75, 3.05) is 13.1 Å². The topological polar surface area (TPSA) is 63.2 Å². The molecule has 5 nitrogen and oxygen atoms in total. The predicted octanol–water partition coefficient (Wildman–Crippen LogP) is 3.71. The molecule has 2 aromatic heterocycles. The Morgan fingerprint density at radius 3 is 2.80 bits per heavy atom. The van der Waals surface area contributed by atoms with Gasteiger partial charge in [0.15, 0.2) is 5.78 Å². The fourth-order valence-corrected chi connectivity index (χ4v) is 4.16. The molecular formula is C19H23N3O2S. The van der Waals surface area contributed by atoms with E-state index in [0.717, 1.165) is 23.5 Å². The summed E-state index contributed by atoms with van der Waals surface area (Å²) < 4.78 is 0. The molecule has 1 saturated heterocycles. The molecule has 3 heterocycles. The number of ketones is 1. The van der Waals surface area contributed by atoms with E-state index in [1.165, 1.54) is 11.3 Å². The van der Waals surface area contributed by atoms with Gasteiger partial charge >= 0.3 is 0 Å². The predicted molar refractivity (Wildman–Crippen MR) is 98.1 cm³/mol. The first-order chi connectivity index (χ1) is 12.0. The number of Topliss-reactive ketones (excluding diaryl/α,β-unsaturated/α-hetero) is 1. The molecule has 132 valence electrons. The smallest absolute Gasteiger partial charge is 0.265 e. The van der Waals surface area contributed by atoms with Gasteiger partial charge in [0, 0.05) is 42.9 Å². The zero-order chi connectivity index (χ0) is 18.0. The summed E-state index contributed by atoms with van der Waals surface area (Å²) in [6, 6.07) is 3.56. The standard InChI is InChI=1S/C19H23N3O2S/c1-12(2)18-21-13(3)17(25-18)19(24)22-9-5-7-15(11-22)16(23)14-6-4-8-20-10-14/h4,6,8,10,12,15H,5,7,9,11H2,1-3H3/t15-/m0/s1. The maximum Gasteiger partial charge on any atom is 0.265 e. The zero-order valence-corrected chi connectivity index (χ0v) is 15.7. The van der Waals surface area contributed by atoms with Gasteiger partial charge in [-0.3, -0.25) is 14.6 Å². The molecule has 6 heteroatoms. The van der Waals surface area contributed by atoms with Crippen LogP contribution < -0.4 is 0 Å². The Kier molecular flexibility index (Phi) is 5.27. The Labute approximate surface area is 152 Å². The number of pyridine rings is 1. The molecule has 0 N–H and O–H groups in total. The number of piperidine rings is 1. The number of carbonyl (C=O) groups excluding carboxylic acids is 2. The van der Waals surface area contributed by atoms with Crippen LogP contribution in [0.15, 0.2) is 24.5 Å². The van der Waals surface area contributed by atoms with Gasteiger partial charge in [-0.2, -0.15) is 0 Å². The molecule has 3 rings (SSSR count). The second-order valence-electron chi connectivity index (χ2n) is 6.82. The molecule has 1 amide bonds. The molecule has 0 aromatic carbocycles. The Morgan fingerprint density at radius 1 is 1.36 bits per heavy atom. The van der Waals surface area contributed by atoms with Crippen molar-refractivity contribution in [2.45, 2.75) is 39.5 Å². The molecule has 0 spiro atoms. The van der Waals surface area contributed by atoms with Crippen LogP contribution in [0.3, 0.4) is 0 Å². The molecule has 1 aliphatic heterocycles. The second kappa shape index (κ2) is 7.44. The minimum absolute atomic E-state index is 0.00517. The number of amides is 1. The first-order valence-electron chi connectivity index (χ1n) is 8.68. The van der Waals surface area contributed by atoms with E-state index in [4.69, 9.17) is 0 Å². The Bertz CT molecular complexity index is 770. The molecular weight excluding hydrogens is 334 g/mol. The third kappa shape index (κ3) is 3.79. The third-order valence-corrected chi connectivity index (χ3v) is 5.97. The molecule has 0 bridgehead atoms. The van der Waals surface area contributed by atoms with Crippen molar-refractivity contribution in [3.8, 4) is 0 Å². The summed E-state index contributed by atoms with van der Waals surface area (Å²) in [6.07, 6.45) is 4.92. The maximum absolute atomic E-state index is 12.9. The quantitative estimate of drug-likeness (QED) is 0.783. The number of rotatable bonds is 4. The lowest BCUT2D eigenvalue weighted by molar-refractivity contribution is 0.0640. The van der Waals surface area contributed by atoms with Crippen molar-refractivity contribution in [1.29, 1.82) is 0 Å². The van der Waals surface area contributed by atoms with Crippen molar-refractivity contribution in [3.05, 3.63) is 45.7 Å². The minimum atomic E-state index is -0.153. The number of carbonyl (C=O) groups is 2. The van der Waals surface area contributed by atoms with Crippen LogP contribution in [0.4, 0.5) is 0 Å². The molecule has 1 atom stereocenters. The summed E-state index contributed by atoms with van der Waals surface area (Å²) in [4.78, 5) is 36.7. The average molecular weight is 357 g/mol. The number of thiazole rings is 1.